The van der Waals surface area contributed by atoms with Crippen LogP contribution in [-0.2, 0) is 9.59 Å². The van der Waals surface area contributed by atoms with E-state index in [1.807, 2.05) is 0 Å². The molecule has 0 saturated carbocycles. The van der Waals surface area contributed by atoms with E-state index in [1.54, 1.807) is 0 Å². The zero-order valence-corrected chi connectivity index (χ0v) is 5.74. The molecule has 13 heavy (non-hydrogen) atoms. The smallest absolute Gasteiger partial charge is 0.286 e. The van der Waals surface area contributed by atoms with Crippen LogP contribution in [0.1, 0.15) is 0 Å². The highest BCUT2D eigenvalue weighted by atomic mass is 19.3. The first-order valence-electron chi connectivity index (χ1n) is 2.74. The third-order valence-electron chi connectivity index (χ3n) is 1.02. The third-order valence-corrected chi connectivity index (χ3v) is 1.02. The summed E-state index contributed by atoms with van der Waals surface area (Å²) >= 11 is 0. The molecule has 0 amide bonds. The van der Waals surface area contributed by atoms with Gasteiger partial charge in [0.2, 0.25) is 0 Å². The maximum absolute atomic E-state index is 12.1. The topological polar surface area (TPSA) is 34.1 Å². The van der Waals surface area contributed by atoms with Gasteiger partial charge in [-0.05, 0) is 0 Å². The number of alkyl halides is 6. The Bertz CT molecular complexity index is 201. The van der Waals surface area contributed by atoms with Crippen molar-refractivity contribution in [1.82, 2.24) is 0 Å². The fraction of sp³-hybridized carbons (Fsp3) is 0.600. The molecule has 8 heteroatoms. The lowest BCUT2D eigenvalue weighted by Gasteiger charge is -2.11. The normalized spacial score (nSPS) is 12.3. The lowest BCUT2D eigenvalue weighted by molar-refractivity contribution is -0.170. The van der Waals surface area contributed by atoms with Gasteiger partial charge in [0.05, 0.1) is 0 Å². The van der Waals surface area contributed by atoms with Crippen molar-refractivity contribution in [1.29, 1.82) is 0 Å². The number of hydrogen-bond acceptors (Lipinski definition) is 2. The van der Waals surface area contributed by atoms with E-state index < -0.39 is 30.3 Å². The minimum Gasteiger partial charge on any atom is -0.286 e. The highest BCUT2D eigenvalue weighted by molar-refractivity contribution is 6.10. The average molecular weight is 208 g/mol. The zero-order valence-electron chi connectivity index (χ0n) is 5.74. The molecule has 0 aliphatic heterocycles. The van der Waals surface area contributed by atoms with Crippen LogP contribution in [0.5, 0.6) is 0 Å². The Morgan fingerprint density at radius 1 is 0.846 bits per heavy atom. The molecule has 0 aromatic carbocycles. The molecule has 0 radical (unpaired) electrons. The highest BCUT2D eigenvalue weighted by Gasteiger charge is 2.54. The second-order valence-electron chi connectivity index (χ2n) is 1.90. The Balaban J connectivity index is 4.76. The van der Waals surface area contributed by atoms with E-state index in [1.165, 1.54) is 0 Å². The van der Waals surface area contributed by atoms with Crippen LogP contribution < -0.4 is 0 Å². The molecular formula is C5H2F6O2. The van der Waals surface area contributed by atoms with Crippen LogP contribution in [0.2, 0.25) is 0 Å². The summed E-state index contributed by atoms with van der Waals surface area (Å²) in [6.07, 6.45) is -8.31. The summed E-state index contributed by atoms with van der Waals surface area (Å²) < 4.78 is 69.4. The molecule has 0 heterocycles. The Morgan fingerprint density at radius 3 is 1.23 bits per heavy atom. The fourth-order valence-corrected chi connectivity index (χ4v) is 0.395. The molecule has 0 N–H and O–H groups in total. The summed E-state index contributed by atoms with van der Waals surface area (Å²) in [7, 11) is 0. The lowest BCUT2D eigenvalue weighted by Crippen LogP contribution is -2.44. The van der Waals surface area contributed by atoms with Crippen molar-refractivity contribution < 1.29 is 35.9 Å². The SMILES string of the molecule is O=C(C(F)F)C(F)(F)C(=O)C(F)F. The van der Waals surface area contributed by atoms with Crippen LogP contribution in [0.4, 0.5) is 26.3 Å². The van der Waals surface area contributed by atoms with Crippen molar-refractivity contribution in [2.45, 2.75) is 18.8 Å². The number of ketones is 2. The maximum atomic E-state index is 12.1. The molecular weight excluding hydrogens is 206 g/mol. The van der Waals surface area contributed by atoms with Gasteiger partial charge in [-0.15, -0.1) is 0 Å². The third kappa shape index (κ3) is 2.43. The van der Waals surface area contributed by atoms with E-state index in [-0.39, 0.29) is 0 Å². The van der Waals surface area contributed by atoms with Crippen molar-refractivity contribution in [3.8, 4) is 0 Å². The number of Topliss-reactive ketones (excluding diaryl/α,β-unsaturated/α-hetero) is 2. The summed E-state index contributed by atoms with van der Waals surface area (Å²) in [5.41, 5.74) is 0. The standard InChI is InChI=1S/C5H2F6O2/c6-3(7)1(12)5(10,11)2(13)4(8)9/h3-4H. The van der Waals surface area contributed by atoms with Gasteiger partial charge in [0, 0.05) is 0 Å². The van der Waals surface area contributed by atoms with Crippen molar-refractivity contribution in [2.75, 3.05) is 0 Å². The minimum atomic E-state index is -5.32. The molecule has 0 fully saturated rings. The first-order valence-corrected chi connectivity index (χ1v) is 2.74. The molecule has 0 saturated heterocycles. The number of carbonyl (C=O) groups is 2. The highest BCUT2D eigenvalue weighted by Crippen LogP contribution is 2.23. The summed E-state index contributed by atoms with van der Waals surface area (Å²) in [6.45, 7) is 0. The van der Waals surface area contributed by atoms with E-state index in [0.29, 0.717) is 0 Å². The maximum Gasteiger partial charge on any atom is 0.374 e. The Labute approximate surface area is 67.5 Å². The van der Waals surface area contributed by atoms with E-state index in [9.17, 15) is 35.9 Å². The molecule has 0 aromatic rings. The van der Waals surface area contributed by atoms with Gasteiger partial charge in [-0.1, -0.05) is 0 Å². The number of carbonyl (C=O) groups excluding carboxylic acids is 2. The molecule has 76 valence electrons. The molecule has 0 spiro atoms. The second-order valence-corrected chi connectivity index (χ2v) is 1.90. The van der Waals surface area contributed by atoms with Crippen LogP contribution in [0.25, 0.3) is 0 Å². The van der Waals surface area contributed by atoms with E-state index >= 15 is 0 Å². The van der Waals surface area contributed by atoms with Crippen molar-refractivity contribution in [3.63, 3.8) is 0 Å². The minimum absolute atomic E-state index is 3.11. The molecule has 2 nitrogen and oxygen atoms in total. The van der Waals surface area contributed by atoms with E-state index in [0.717, 1.165) is 0 Å². The second kappa shape index (κ2) is 3.75. The quantitative estimate of drug-likeness (QED) is 0.515. The van der Waals surface area contributed by atoms with Gasteiger partial charge >= 0.3 is 18.8 Å². The lowest BCUT2D eigenvalue weighted by atomic mass is 10.1. The molecule has 0 aromatic heterocycles. The van der Waals surface area contributed by atoms with Crippen molar-refractivity contribution in [3.05, 3.63) is 0 Å². The van der Waals surface area contributed by atoms with E-state index in [4.69, 9.17) is 0 Å². The summed E-state index contributed by atoms with van der Waals surface area (Å²) in [4.78, 5) is 19.7. The van der Waals surface area contributed by atoms with Gasteiger partial charge in [-0.2, -0.15) is 8.78 Å². The number of rotatable bonds is 4. The first kappa shape index (κ1) is 11.9. The number of halogens is 6. The molecule has 0 rings (SSSR count). The van der Waals surface area contributed by atoms with E-state index in [2.05, 4.69) is 0 Å². The Morgan fingerprint density at radius 2 is 1.08 bits per heavy atom. The molecule has 0 atom stereocenters. The van der Waals surface area contributed by atoms with Gasteiger partial charge < -0.3 is 0 Å². The van der Waals surface area contributed by atoms with Crippen LogP contribution in [-0.4, -0.2) is 30.3 Å². The Kier molecular flexibility index (Phi) is 3.44. The Hall–Kier alpha value is -1.08. The first-order chi connectivity index (χ1) is 5.71. The monoisotopic (exact) mass is 208 g/mol. The van der Waals surface area contributed by atoms with Crippen LogP contribution >= 0.6 is 0 Å². The van der Waals surface area contributed by atoms with Crippen molar-refractivity contribution in [2.24, 2.45) is 0 Å². The van der Waals surface area contributed by atoms with Crippen LogP contribution in [0, 0.1) is 0 Å². The van der Waals surface area contributed by atoms with Gasteiger partial charge in [0.15, 0.2) is 0 Å². The molecule has 0 bridgehead atoms. The van der Waals surface area contributed by atoms with Gasteiger partial charge in [-0.25, -0.2) is 17.6 Å². The fourth-order valence-electron chi connectivity index (χ4n) is 0.395. The predicted octanol–water partition coefficient (Wildman–Crippen LogP) is 1.29. The largest absolute Gasteiger partial charge is 0.374 e. The van der Waals surface area contributed by atoms with Crippen molar-refractivity contribution >= 4 is 11.6 Å². The number of hydrogen-bond donors (Lipinski definition) is 0. The summed E-state index contributed by atoms with van der Waals surface area (Å²) in [6, 6.07) is 0. The van der Waals surface area contributed by atoms with Crippen LogP contribution in [0.15, 0.2) is 0 Å². The summed E-state index contributed by atoms with van der Waals surface area (Å²) in [5.74, 6) is -11.5. The van der Waals surface area contributed by atoms with Gasteiger partial charge in [0.1, 0.15) is 0 Å². The average Bonchev–Trinajstić information content (AvgIpc) is 2.01. The van der Waals surface area contributed by atoms with Gasteiger partial charge in [0.25, 0.3) is 11.6 Å². The molecule has 0 aliphatic carbocycles. The zero-order chi connectivity index (χ0) is 10.8. The molecule has 0 aliphatic rings. The van der Waals surface area contributed by atoms with Crippen LogP contribution in [0.3, 0.4) is 0 Å². The van der Waals surface area contributed by atoms with Gasteiger partial charge in [-0.3, -0.25) is 9.59 Å². The predicted molar refractivity (Wildman–Crippen MR) is 27.0 cm³/mol. The molecule has 0 unspecified atom stereocenters. The summed E-state index contributed by atoms with van der Waals surface area (Å²) in [5, 5.41) is 0.